The van der Waals surface area contributed by atoms with Crippen LogP contribution in [0.3, 0.4) is 0 Å². The van der Waals surface area contributed by atoms with Crippen molar-refractivity contribution in [1.82, 2.24) is 0 Å². The molecule has 1 aromatic carbocycles. The summed E-state index contributed by atoms with van der Waals surface area (Å²) in [5.74, 6) is 0. The molecule has 0 aliphatic carbocycles. The van der Waals surface area contributed by atoms with Crippen molar-refractivity contribution in [3.63, 3.8) is 0 Å². The average Bonchev–Trinajstić information content (AvgIpc) is 2.16. The van der Waals surface area contributed by atoms with Gasteiger partial charge in [0.25, 0.3) is 0 Å². The average molecular weight is 180 g/mol. The molecule has 1 rings (SSSR count). The first kappa shape index (κ1) is 9.36. The second-order valence-corrected chi connectivity index (χ2v) is 3.27. The summed E-state index contributed by atoms with van der Waals surface area (Å²) < 4.78 is 0. The molecule has 0 amide bonds. The van der Waals surface area contributed by atoms with E-state index >= 15 is 0 Å². The topological polar surface area (TPSA) is 20.2 Å². The number of rotatable bonds is 3. The van der Waals surface area contributed by atoms with Crippen LogP contribution in [0.1, 0.15) is 11.7 Å². The Morgan fingerprint density at radius 1 is 1.50 bits per heavy atom. The first-order valence-corrected chi connectivity index (χ1v) is 4.95. The highest BCUT2D eigenvalue weighted by molar-refractivity contribution is 7.98. The van der Waals surface area contributed by atoms with E-state index in [0.717, 1.165) is 10.5 Å². The summed E-state index contributed by atoms with van der Waals surface area (Å²) >= 11 is 1.63. The van der Waals surface area contributed by atoms with Crippen molar-refractivity contribution in [2.24, 2.45) is 0 Å². The van der Waals surface area contributed by atoms with Gasteiger partial charge in [-0.1, -0.05) is 24.3 Å². The third-order valence-corrected chi connectivity index (χ3v) is 2.49. The fourth-order valence-corrected chi connectivity index (χ4v) is 1.68. The molecule has 0 saturated heterocycles. The lowest BCUT2D eigenvalue weighted by atomic mass is 10.1. The molecule has 0 heterocycles. The van der Waals surface area contributed by atoms with E-state index in [1.807, 2.05) is 30.5 Å². The molecule has 0 aliphatic rings. The van der Waals surface area contributed by atoms with Gasteiger partial charge >= 0.3 is 0 Å². The molecule has 0 fully saturated rings. The maximum Gasteiger partial charge on any atom is 0.0979 e. The molecule has 1 aromatic rings. The van der Waals surface area contributed by atoms with Gasteiger partial charge in [0.2, 0.25) is 0 Å². The monoisotopic (exact) mass is 180 g/mol. The SMILES string of the molecule is C=CC(O)c1ccccc1SC. The van der Waals surface area contributed by atoms with E-state index in [-0.39, 0.29) is 0 Å². The fraction of sp³-hybridized carbons (Fsp3) is 0.200. The standard InChI is InChI=1S/C10H12OS/c1-3-9(11)8-6-4-5-7-10(8)12-2/h3-7,9,11H,1H2,2H3. The first-order chi connectivity index (χ1) is 5.79. The normalized spacial score (nSPS) is 12.5. The highest BCUT2D eigenvalue weighted by Gasteiger charge is 2.06. The Morgan fingerprint density at radius 3 is 2.75 bits per heavy atom. The van der Waals surface area contributed by atoms with Gasteiger partial charge in [0.05, 0.1) is 6.10 Å². The molecule has 0 bridgehead atoms. The Labute approximate surface area is 77.1 Å². The summed E-state index contributed by atoms with van der Waals surface area (Å²) in [6, 6.07) is 7.79. The van der Waals surface area contributed by atoms with Crippen LogP contribution < -0.4 is 0 Å². The van der Waals surface area contributed by atoms with Crippen molar-refractivity contribution in [2.45, 2.75) is 11.0 Å². The second kappa shape index (κ2) is 4.33. The summed E-state index contributed by atoms with van der Waals surface area (Å²) in [4.78, 5) is 1.10. The van der Waals surface area contributed by atoms with Crippen molar-refractivity contribution < 1.29 is 5.11 Å². The molecule has 64 valence electrons. The van der Waals surface area contributed by atoms with Crippen molar-refractivity contribution >= 4 is 11.8 Å². The number of benzene rings is 1. The van der Waals surface area contributed by atoms with Gasteiger partial charge in [-0.15, -0.1) is 18.3 Å². The van der Waals surface area contributed by atoms with E-state index in [2.05, 4.69) is 6.58 Å². The van der Waals surface area contributed by atoms with Gasteiger partial charge in [0.15, 0.2) is 0 Å². The van der Waals surface area contributed by atoms with Gasteiger partial charge in [0, 0.05) is 4.90 Å². The molecule has 1 unspecified atom stereocenters. The van der Waals surface area contributed by atoms with Crippen LogP contribution in [0.15, 0.2) is 41.8 Å². The van der Waals surface area contributed by atoms with Gasteiger partial charge in [-0.25, -0.2) is 0 Å². The molecule has 0 saturated carbocycles. The van der Waals surface area contributed by atoms with Crippen LogP contribution in [0.2, 0.25) is 0 Å². The molecule has 0 spiro atoms. The zero-order valence-electron chi connectivity index (χ0n) is 7.03. The molecular weight excluding hydrogens is 168 g/mol. The summed E-state index contributed by atoms with van der Waals surface area (Å²) in [6.07, 6.45) is 2.98. The van der Waals surface area contributed by atoms with Gasteiger partial charge in [0.1, 0.15) is 0 Å². The third kappa shape index (κ3) is 1.90. The first-order valence-electron chi connectivity index (χ1n) is 3.73. The predicted molar refractivity (Wildman–Crippen MR) is 53.4 cm³/mol. The van der Waals surface area contributed by atoms with E-state index in [0.29, 0.717) is 0 Å². The van der Waals surface area contributed by atoms with Crippen molar-refractivity contribution in [3.05, 3.63) is 42.5 Å². The summed E-state index contributed by atoms with van der Waals surface area (Å²) in [6.45, 7) is 3.55. The number of aliphatic hydroxyl groups is 1. The molecular formula is C10H12OS. The molecule has 0 aliphatic heterocycles. The number of thioether (sulfide) groups is 1. The summed E-state index contributed by atoms with van der Waals surface area (Å²) in [5.41, 5.74) is 0.931. The van der Waals surface area contributed by atoms with Crippen LogP contribution in [0.4, 0.5) is 0 Å². The third-order valence-electron chi connectivity index (χ3n) is 1.68. The minimum Gasteiger partial charge on any atom is -0.384 e. The Kier molecular flexibility index (Phi) is 3.38. The minimum atomic E-state index is -0.548. The quantitative estimate of drug-likeness (QED) is 0.570. The van der Waals surface area contributed by atoms with Gasteiger partial charge in [-0.05, 0) is 17.9 Å². The van der Waals surface area contributed by atoms with Crippen molar-refractivity contribution in [3.8, 4) is 0 Å². The lowest BCUT2D eigenvalue weighted by Gasteiger charge is -2.09. The largest absolute Gasteiger partial charge is 0.384 e. The molecule has 2 heteroatoms. The smallest absolute Gasteiger partial charge is 0.0979 e. The van der Waals surface area contributed by atoms with E-state index < -0.39 is 6.10 Å². The van der Waals surface area contributed by atoms with Crippen LogP contribution >= 0.6 is 11.8 Å². The van der Waals surface area contributed by atoms with E-state index in [1.54, 1.807) is 11.8 Å². The number of hydrogen-bond acceptors (Lipinski definition) is 2. The highest BCUT2D eigenvalue weighted by atomic mass is 32.2. The molecule has 1 atom stereocenters. The van der Waals surface area contributed by atoms with Gasteiger partial charge in [-0.2, -0.15) is 0 Å². The second-order valence-electron chi connectivity index (χ2n) is 2.42. The van der Waals surface area contributed by atoms with E-state index in [9.17, 15) is 5.11 Å². The lowest BCUT2D eigenvalue weighted by Crippen LogP contribution is -1.94. The number of aliphatic hydroxyl groups excluding tert-OH is 1. The fourth-order valence-electron chi connectivity index (χ4n) is 1.04. The summed E-state index contributed by atoms with van der Waals surface area (Å²) in [5, 5.41) is 9.51. The van der Waals surface area contributed by atoms with Crippen LogP contribution in [0, 0.1) is 0 Å². The molecule has 0 aromatic heterocycles. The van der Waals surface area contributed by atoms with E-state index in [1.165, 1.54) is 6.08 Å². The lowest BCUT2D eigenvalue weighted by molar-refractivity contribution is 0.226. The molecule has 1 N–H and O–H groups in total. The zero-order valence-corrected chi connectivity index (χ0v) is 7.84. The van der Waals surface area contributed by atoms with Gasteiger partial charge in [-0.3, -0.25) is 0 Å². The zero-order chi connectivity index (χ0) is 8.97. The maximum absolute atomic E-state index is 9.51. The molecule has 1 nitrogen and oxygen atoms in total. The molecule has 0 radical (unpaired) electrons. The minimum absolute atomic E-state index is 0.548. The Hall–Kier alpha value is -0.730. The Morgan fingerprint density at radius 2 is 2.17 bits per heavy atom. The van der Waals surface area contributed by atoms with E-state index in [4.69, 9.17) is 0 Å². The van der Waals surface area contributed by atoms with Crippen LogP contribution in [0.25, 0.3) is 0 Å². The van der Waals surface area contributed by atoms with Gasteiger partial charge < -0.3 is 5.11 Å². The maximum atomic E-state index is 9.51. The van der Waals surface area contributed by atoms with Crippen LogP contribution in [0.5, 0.6) is 0 Å². The van der Waals surface area contributed by atoms with Crippen LogP contribution in [-0.4, -0.2) is 11.4 Å². The predicted octanol–water partition coefficient (Wildman–Crippen LogP) is 2.63. The molecule has 12 heavy (non-hydrogen) atoms. The Bertz CT molecular complexity index is 270. The Balaban J connectivity index is 3.04. The number of hydrogen-bond donors (Lipinski definition) is 1. The van der Waals surface area contributed by atoms with Crippen LogP contribution in [-0.2, 0) is 0 Å². The highest BCUT2D eigenvalue weighted by Crippen LogP contribution is 2.25. The van der Waals surface area contributed by atoms with Crippen molar-refractivity contribution in [1.29, 1.82) is 0 Å². The van der Waals surface area contributed by atoms with Crippen molar-refractivity contribution in [2.75, 3.05) is 6.26 Å². The summed E-state index contributed by atoms with van der Waals surface area (Å²) in [7, 11) is 0.